The van der Waals surface area contributed by atoms with Gasteiger partial charge in [-0.05, 0) is 18.4 Å². The number of carboxylic acid groups (broad SMARTS) is 1. The van der Waals surface area contributed by atoms with Crippen molar-refractivity contribution in [3.05, 3.63) is 47.8 Å². The second kappa shape index (κ2) is 8.00. The summed E-state index contributed by atoms with van der Waals surface area (Å²) in [6, 6.07) is 8.71. The first-order valence-electron chi connectivity index (χ1n) is 9.36. The van der Waals surface area contributed by atoms with Crippen molar-refractivity contribution in [1.82, 2.24) is 20.3 Å². The molecule has 1 unspecified atom stereocenters. The fraction of sp³-hybridized carbons (Fsp3) is 0.500. The van der Waals surface area contributed by atoms with Crippen LogP contribution in [0, 0.1) is 5.92 Å². The number of hydrogen-bond acceptors (Lipinski definition) is 5. The molecule has 1 aromatic heterocycles. The van der Waals surface area contributed by atoms with E-state index in [0.29, 0.717) is 12.8 Å². The summed E-state index contributed by atoms with van der Waals surface area (Å²) in [5.41, 5.74) is 1.53. The minimum absolute atomic E-state index is 0.157. The maximum absolute atomic E-state index is 12.3. The van der Waals surface area contributed by atoms with Gasteiger partial charge in [0.2, 0.25) is 0 Å². The van der Waals surface area contributed by atoms with Crippen molar-refractivity contribution in [3.63, 3.8) is 0 Å². The van der Waals surface area contributed by atoms with Crippen LogP contribution >= 0.6 is 0 Å². The molecule has 1 heterocycles. The molecule has 0 bridgehead atoms. The van der Waals surface area contributed by atoms with Crippen LogP contribution in [-0.2, 0) is 21.6 Å². The lowest BCUT2D eigenvalue weighted by molar-refractivity contribution is -0.141. The van der Waals surface area contributed by atoms with Gasteiger partial charge in [0.15, 0.2) is 0 Å². The highest BCUT2D eigenvalue weighted by atomic mass is 16.5. The summed E-state index contributed by atoms with van der Waals surface area (Å²) in [5, 5.41) is 20.6. The highest BCUT2D eigenvalue weighted by molar-refractivity contribution is 5.71. The Balaban J connectivity index is 1.68. The maximum atomic E-state index is 12.3. The van der Waals surface area contributed by atoms with Gasteiger partial charge in [-0.3, -0.25) is 4.79 Å². The lowest BCUT2D eigenvalue weighted by Crippen LogP contribution is -2.39. The van der Waals surface area contributed by atoms with Gasteiger partial charge in [0, 0.05) is 11.6 Å². The summed E-state index contributed by atoms with van der Waals surface area (Å²) >= 11 is 0. The Morgan fingerprint density at radius 2 is 1.96 bits per heavy atom. The minimum Gasteiger partial charge on any atom is -0.481 e. The lowest BCUT2D eigenvalue weighted by atomic mass is 9.93. The molecule has 8 heteroatoms. The van der Waals surface area contributed by atoms with Crippen molar-refractivity contribution >= 4 is 12.1 Å². The van der Waals surface area contributed by atoms with Gasteiger partial charge in [0.25, 0.3) is 0 Å². The number of nitrogens with zero attached hydrogens (tertiary/aromatic N) is 3. The van der Waals surface area contributed by atoms with E-state index in [1.54, 1.807) is 4.68 Å². The van der Waals surface area contributed by atoms with Gasteiger partial charge in [0.05, 0.1) is 23.7 Å². The third-order valence-electron chi connectivity index (χ3n) is 5.01. The van der Waals surface area contributed by atoms with Crippen LogP contribution in [0.5, 0.6) is 0 Å². The van der Waals surface area contributed by atoms with Crippen LogP contribution in [0.2, 0.25) is 0 Å². The molecule has 0 aliphatic heterocycles. The van der Waals surface area contributed by atoms with E-state index in [0.717, 1.165) is 11.3 Å². The third kappa shape index (κ3) is 4.68. The second-order valence-corrected chi connectivity index (χ2v) is 8.22. The number of alkyl carbamates (subject to hydrolysis) is 1. The van der Waals surface area contributed by atoms with Gasteiger partial charge < -0.3 is 15.2 Å². The zero-order chi connectivity index (χ0) is 20.3. The van der Waals surface area contributed by atoms with Crippen molar-refractivity contribution in [3.8, 4) is 0 Å². The monoisotopic (exact) mass is 386 g/mol. The number of amides is 1. The predicted octanol–water partition coefficient (Wildman–Crippen LogP) is 2.91. The molecule has 0 spiro atoms. The number of nitrogens with one attached hydrogen (secondary N) is 1. The van der Waals surface area contributed by atoms with E-state index in [-0.39, 0.29) is 24.1 Å². The van der Waals surface area contributed by atoms with Crippen molar-refractivity contribution < 1.29 is 19.4 Å². The molecule has 1 aliphatic carbocycles. The molecule has 28 heavy (non-hydrogen) atoms. The van der Waals surface area contributed by atoms with Crippen molar-refractivity contribution in [2.75, 3.05) is 0 Å². The Hall–Kier alpha value is -2.90. The summed E-state index contributed by atoms with van der Waals surface area (Å²) in [6.07, 6.45) is 1.97. The number of carboxylic acids is 1. The number of rotatable bonds is 5. The molecule has 1 fully saturated rings. The largest absolute Gasteiger partial charge is 0.481 e. The SMILES string of the molecule is CC(C)(C)c1cn([C@H]2CC(C(=O)O)C[C@H]2NC(=O)OCc2ccccc2)nn1. The van der Waals surface area contributed by atoms with Gasteiger partial charge >= 0.3 is 12.1 Å². The Bertz CT molecular complexity index is 828. The van der Waals surface area contributed by atoms with Gasteiger partial charge in [-0.25, -0.2) is 9.48 Å². The van der Waals surface area contributed by atoms with Gasteiger partial charge in [-0.1, -0.05) is 56.3 Å². The van der Waals surface area contributed by atoms with Crippen LogP contribution in [0.1, 0.15) is 50.9 Å². The molecule has 1 aromatic carbocycles. The van der Waals surface area contributed by atoms with E-state index in [1.807, 2.05) is 57.3 Å². The highest BCUT2D eigenvalue weighted by Crippen LogP contribution is 2.35. The fourth-order valence-corrected chi connectivity index (χ4v) is 3.36. The van der Waals surface area contributed by atoms with Crippen LogP contribution in [0.15, 0.2) is 36.5 Å². The molecule has 3 rings (SSSR count). The predicted molar refractivity (Wildman–Crippen MR) is 102 cm³/mol. The Morgan fingerprint density at radius 1 is 1.25 bits per heavy atom. The smallest absolute Gasteiger partial charge is 0.407 e. The Labute approximate surface area is 163 Å². The fourth-order valence-electron chi connectivity index (χ4n) is 3.36. The molecule has 1 saturated carbocycles. The van der Waals surface area contributed by atoms with Crippen LogP contribution < -0.4 is 5.32 Å². The van der Waals surface area contributed by atoms with Gasteiger partial charge in [-0.2, -0.15) is 0 Å². The molecule has 0 radical (unpaired) electrons. The highest BCUT2D eigenvalue weighted by Gasteiger charge is 2.41. The Kier molecular flexibility index (Phi) is 5.67. The molecule has 1 amide bonds. The standard InChI is InChI=1S/C20H26N4O4/c1-20(2,3)17-11-24(23-22-17)16-10-14(18(25)26)9-15(16)21-19(27)28-12-13-7-5-4-6-8-13/h4-8,11,14-16H,9-10,12H2,1-3H3,(H,21,27)(H,25,26)/t14?,15-,16+/m1/s1. The molecule has 150 valence electrons. The summed E-state index contributed by atoms with van der Waals surface area (Å²) in [5.74, 6) is -1.42. The van der Waals surface area contributed by atoms with Gasteiger partial charge in [0.1, 0.15) is 6.61 Å². The van der Waals surface area contributed by atoms with E-state index < -0.39 is 18.0 Å². The maximum Gasteiger partial charge on any atom is 0.407 e. The van der Waals surface area contributed by atoms with Gasteiger partial charge in [-0.15, -0.1) is 5.10 Å². The zero-order valence-corrected chi connectivity index (χ0v) is 16.3. The zero-order valence-electron chi connectivity index (χ0n) is 16.3. The van der Waals surface area contributed by atoms with E-state index in [2.05, 4.69) is 15.6 Å². The summed E-state index contributed by atoms with van der Waals surface area (Å²) < 4.78 is 6.96. The van der Waals surface area contributed by atoms with Crippen LogP contribution in [0.3, 0.4) is 0 Å². The first-order valence-corrected chi connectivity index (χ1v) is 9.36. The van der Waals surface area contributed by atoms with E-state index in [4.69, 9.17) is 4.74 Å². The topological polar surface area (TPSA) is 106 Å². The van der Waals surface area contributed by atoms with Crippen molar-refractivity contribution in [2.24, 2.45) is 5.92 Å². The first-order chi connectivity index (χ1) is 13.2. The quantitative estimate of drug-likeness (QED) is 0.818. The number of ether oxygens (including phenoxy) is 1. The molecular weight excluding hydrogens is 360 g/mol. The minimum atomic E-state index is -0.872. The molecule has 0 saturated heterocycles. The molecule has 1 aliphatic rings. The summed E-state index contributed by atoms with van der Waals surface area (Å²) in [7, 11) is 0. The van der Waals surface area contributed by atoms with Crippen LogP contribution in [-0.4, -0.2) is 38.2 Å². The van der Waals surface area contributed by atoms with Crippen molar-refractivity contribution in [1.29, 1.82) is 0 Å². The number of aliphatic carboxylic acids is 1. The van der Waals surface area contributed by atoms with Crippen molar-refractivity contribution in [2.45, 2.75) is 57.7 Å². The van der Waals surface area contributed by atoms with Crippen LogP contribution in [0.25, 0.3) is 0 Å². The molecule has 8 nitrogen and oxygen atoms in total. The molecule has 3 atom stereocenters. The number of hydrogen-bond donors (Lipinski definition) is 2. The lowest BCUT2D eigenvalue weighted by Gasteiger charge is -2.20. The van der Waals surface area contributed by atoms with Crippen LogP contribution in [0.4, 0.5) is 4.79 Å². The summed E-state index contributed by atoms with van der Waals surface area (Å²) in [6.45, 7) is 6.26. The van der Waals surface area contributed by atoms with E-state index in [1.165, 1.54) is 0 Å². The number of carbonyl (C=O) groups is 2. The average Bonchev–Trinajstić information content (AvgIpc) is 3.27. The normalized spacial score (nSPS) is 22.0. The summed E-state index contributed by atoms with van der Waals surface area (Å²) in [4.78, 5) is 23.8. The first kappa shape index (κ1) is 19.9. The number of aromatic nitrogens is 3. The molecule has 2 aromatic rings. The average molecular weight is 386 g/mol. The van der Waals surface area contributed by atoms with E-state index in [9.17, 15) is 14.7 Å². The third-order valence-corrected chi connectivity index (χ3v) is 5.01. The number of benzene rings is 1. The number of carbonyl (C=O) groups excluding carboxylic acids is 1. The Morgan fingerprint density at radius 3 is 2.57 bits per heavy atom. The molecule has 2 N–H and O–H groups in total. The molecular formula is C20H26N4O4. The second-order valence-electron chi connectivity index (χ2n) is 8.22. The van der Waals surface area contributed by atoms with E-state index >= 15 is 0 Å².